The Balaban J connectivity index is 1.86. The van der Waals surface area contributed by atoms with Crippen LogP contribution in [0.5, 0.6) is 0 Å². The number of hydrogen-bond acceptors (Lipinski definition) is 6. The number of esters is 2. The molecule has 0 aliphatic carbocycles. The van der Waals surface area contributed by atoms with Crippen LogP contribution in [0.1, 0.15) is 65.2 Å². The van der Waals surface area contributed by atoms with Crippen LogP contribution in [-0.2, 0) is 38.6 Å². The van der Waals surface area contributed by atoms with E-state index in [0.717, 1.165) is 16.7 Å². The number of carbonyl (C=O) groups is 3. The van der Waals surface area contributed by atoms with Crippen LogP contribution in [0.2, 0.25) is 0 Å². The molecule has 3 aromatic carbocycles. The van der Waals surface area contributed by atoms with Crippen LogP contribution in [0.3, 0.4) is 0 Å². The summed E-state index contributed by atoms with van der Waals surface area (Å²) in [5.41, 5.74) is 1.71. The predicted molar refractivity (Wildman–Crippen MR) is 182 cm³/mol. The Morgan fingerprint density at radius 1 is 0.652 bits per heavy atom. The van der Waals surface area contributed by atoms with Crippen LogP contribution < -0.4 is 5.32 Å². The van der Waals surface area contributed by atoms with Crippen molar-refractivity contribution in [3.8, 4) is 0 Å². The lowest BCUT2D eigenvalue weighted by Gasteiger charge is -2.33. The van der Waals surface area contributed by atoms with Crippen LogP contribution in [0.4, 0.5) is 4.79 Å². The van der Waals surface area contributed by atoms with Gasteiger partial charge in [-0.1, -0.05) is 91.0 Å². The fourth-order valence-electron chi connectivity index (χ4n) is 5.05. The zero-order valence-electron chi connectivity index (χ0n) is 28.5. The van der Waals surface area contributed by atoms with Crippen LogP contribution in [0, 0.1) is 5.92 Å². The fourth-order valence-corrected chi connectivity index (χ4v) is 5.05. The molecule has 3 aromatic rings. The molecule has 0 radical (unpaired) electrons. The molecule has 0 aliphatic rings. The van der Waals surface area contributed by atoms with Gasteiger partial charge in [-0.2, -0.15) is 0 Å². The van der Waals surface area contributed by atoms with Gasteiger partial charge in [-0.15, -0.1) is 0 Å². The summed E-state index contributed by atoms with van der Waals surface area (Å²) in [7, 11) is 0. The number of amides is 2. The van der Waals surface area contributed by atoms with E-state index in [2.05, 4.69) is 34.5 Å². The summed E-state index contributed by atoms with van der Waals surface area (Å²) >= 11 is 0. The molecule has 3 rings (SSSR count). The molecule has 0 spiro atoms. The first-order valence-corrected chi connectivity index (χ1v) is 16.1. The molecule has 0 bridgehead atoms. The Morgan fingerprint density at radius 2 is 1.09 bits per heavy atom. The Bertz CT molecular complexity index is 1330. The zero-order chi connectivity index (χ0) is 33.7. The van der Waals surface area contributed by atoms with Crippen molar-refractivity contribution in [2.45, 2.75) is 85.2 Å². The molecule has 1 N–H and O–H groups in total. The van der Waals surface area contributed by atoms with Crippen molar-refractivity contribution in [1.82, 2.24) is 15.1 Å². The van der Waals surface area contributed by atoms with Crippen LogP contribution in [0.25, 0.3) is 0 Å². The maximum absolute atomic E-state index is 13.8. The van der Waals surface area contributed by atoms with Crippen molar-refractivity contribution in [3.63, 3.8) is 0 Å². The first-order valence-electron chi connectivity index (χ1n) is 16.1. The summed E-state index contributed by atoms with van der Waals surface area (Å²) in [5, 5.41) is 2.91. The lowest BCUT2D eigenvalue weighted by Crippen LogP contribution is -2.52. The van der Waals surface area contributed by atoms with E-state index in [1.165, 1.54) is 0 Å². The van der Waals surface area contributed by atoms with Gasteiger partial charge >= 0.3 is 18.0 Å². The molecule has 8 nitrogen and oxygen atoms in total. The van der Waals surface area contributed by atoms with E-state index < -0.39 is 35.2 Å². The highest BCUT2D eigenvalue weighted by molar-refractivity contribution is 5.84. The van der Waals surface area contributed by atoms with Gasteiger partial charge in [0.2, 0.25) is 0 Å². The van der Waals surface area contributed by atoms with Gasteiger partial charge in [0.15, 0.2) is 0 Å². The third-order valence-electron chi connectivity index (χ3n) is 7.10. The van der Waals surface area contributed by atoms with Crippen LogP contribution in [-0.4, -0.2) is 64.6 Å². The minimum Gasteiger partial charge on any atom is -0.460 e. The molecule has 0 heterocycles. The average Bonchev–Trinajstić information content (AvgIpc) is 2.98. The van der Waals surface area contributed by atoms with Gasteiger partial charge in [0, 0.05) is 39.1 Å². The number of nitrogens with one attached hydrogen (secondary N) is 1. The first kappa shape index (κ1) is 36.3. The highest BCUT2D eigenvalue weighted by Gasteiger charge is 2.33. The Kier molecular flexibility index (Phi) is 13.4. The van der Waals surface area contributed by atoms with Gasteiger partial charge in [0.1, 0.15) is 17.2 Å². The standard InChI is InChI=1S/C38H51N3O5/c1-8-41(36(44)39-33(35(43)46-38(5,6)7)24-29-18-12-9-13-19-29)28-32(34(42)45-37(2,3)4)27-40(25-30-20-14-10-15-21-30)26-31-22-16-11-17-23-31/h9-23,32-33H,8,24-28H2,1-7H3,(H,39,44)/t32-,33+/m1/s1. The Hall–Kier alpha value is -4.17. The topological polar surface area (TPSA) is 88.2 Å². The van der Waals surface area contributed by atoms with Crippen molar-refractivity contribution in [2.75, 3.05) is 19.6 Å². The smallest absolute Gasteiger partial charge is 0.329 e. The molecule has 2 atom stereocenters. The highest BCUT2D eigenvalue weighted by Crippen LogP contribution is 2.19. The Labute approximate surface area is 275 Å². The molecule has 0 aromatic heterocycles. The normalized spacial score (nSPS) is 13.0. The molecule has 46 heavy (non-hydrogen) atoms. The van der Waals surface area contributed by atoms with Crippen molar-refractivity contribution >= 4 is 18.0 Å². The molecule has 248 valence electrons. The van der Waals surface area contributed by atoms with E-state index in [9.17, 15) is 14.4 Å². The van der Waals surface area contributed by atoms with E-state index in [1.54, 1.807) is 25.7 Å². The number of benzene rings is 3. The minimum absolute atomic E-state index is 0.115. The quantitative estimate of drug-likeness (QED) is 0.202. The maximum Gasteiger partial charge on any atom is 0.329 e. The SMILES string of the molecule is CCN(C[C@@H](CN(Cc1ccccc1)Cc1ccccc1)C(=O)OC(C)(C)C)C(=O)N[C@@H](Cc1ccccc1)C(=O)OC(C)(C)C. The molecule has 0 saturated carbocycles. The number of ether oxygens (including phenoxy) is 2. The lowest BCUT2D eigenvalue weighted by atomic mass is 10.0. The molecule has 0 fully saturated rings. The molecular weight excluding hydrogens is 578 g/mol. The second-order valence-corrected chi connectivity index (χ2v) is 13.6. The fraction of sp³-hybridized carbons (Fsp3) is 0.447. The third kappa shape index (κ3) is 13.1. The second kappa shape index (κ2) is 16.9. The monoisotopic (exact) mass is 629 g/mol. The van der Waals surface area contributed by atoms with E-state index in [0.29, 0.717) is 26.2 Å². The van der Waals surface area contributed by atoms with Crippen LogP contribution in [0.15, 0.2) is 91.0 Å². The minimum atomic E-state index is -0.907. The molecule has 0 aliphatic heterocycles. The van der Waals surface area contributed by atoms with Crippen molar-refractivity contribution in [2.24, 2.45) is 5.92 Å². The summed E-state index contributed by atoms with van der Waals surface area (Å²) in [4.78, 5) is 44.6. The van der Waals surface area contributed by atoms with Gasteiger partial charge in [-0.05, 0) is 65.2 Å². The average molecular weight is 630 g/mol. The third-order valence-corrected chi connectivity index (χ3v) is 7.10. The Morgan fingerprint density at radius 3 is 1.52 bits per heavy atom. The van der Waals surface area contributed by atoms with E-state index in [4.69, 9.17) is 9.47 Å². The zero-order valence-corrected chi connectivity index (χ0v) is 28.5. The van der Waals surface area contributed by atoms with Gasteiger partial charge in [0.25, 0.3) is 0 Å². The molecule has 2 amide bonds. The van der Waals surface area contributed by atoms with E-state index >= 15 is 0 Å². The second-order valence-electron chi connectivity index (χ2n) is 13.6. The maximum atomic E-state index is 13.8. The van der Waals surface area contributed by atoms with Gasteiger partial charge in [0.05, 0.1) is 5.92 Å². The summed E-state index contributed by atoms with van der Waals surface area (Å²) in [6, 6.07) is 28.4. The van der Waals surface area contributed by atoms with E-state index in [-0.39, 0.29) is 18.9 Å². The molecule has 8 heteroatoms. The number of carbonyl (C=O) groups excluding carboxylic acids is 3. The molecule has 0 unspecified atom stereocenters. The summed E-state index contributed by atoms with van der Waals surface area (Å²) < 4.78 is 11.6. The van der Waals surface area contributed by atoms with Crippen molar-refractivity contribution in [1.29, 1.82) is 0 Å². The molecule has 0 saturated heterocycles. The predicted octanol–water partition coefficient (Wildman–Crippen LogP) is 6.63. The number of hydrogen-bond donors (Lipinski definition) is 1. The number of urea groups is 1. The number of rotatable bonds is 14. The summed E-state index contributed by atoms with van der Waals surface area (Å²) in [5.74, 6) is -1.54. The van der Waals surface area contributed by atoms with Gasteiger partial charge in [-0.25, -0.2) is 9.59 Å². The highest BCUT2D eigenvalue weighted by atomic mass is 16.6. The van der Waals surface area contributed by atoms with Gasteiger partial charge < -0.3 is 19.7 Å². The van der Waals surface area contributed by atoms with Gasteiger partial charge in [-0.3, -0.25) is 9.69 Å². The summed E-state index contributed by atoms with van der Waals surface area (Å²) in [6.45, 7) is 14.8. The van der Waals surface area contributed by atoms with Crippen molar-refractivity contribution < 1.29 is 23.9 Å². The largest absolute Gasteiger partial charge is 0.460 e. The molecular formula is C38H51N3O5. The van der Waals surface area contributed by atoms with Crippen molar-refractivity contribution in [3.05, 3.63) is 108 Å². The van der Waals surface area contributed by atoms with E-state index in [1.807, 2.05) is 94.4 Å². The summed E-state index contributed by atoms with van der Waals surface area (Å²) in [6.07, 6.45) is 0.274. The van der Waals surface area contributed by atoms with Crippen LogP contribution >= 0.6 is 0 Å². The first-order chi connectivity index (χ1) is 21.7. The number of nitrogens with zero attached hydrogens (tertiary/aromatic N) is 2. The lowest BCUT2D eigenvalue weighted by molar-refractivity contribution is -0.161.